The number of benzene rings is 2. The van der Waals surface area contributed by atoms with Crippen LogP contribution in [0.15, 0.2) is 48.5 Å². The lowest BCUT2D eigenvalue weighted by Gasteiger charge is -2.28. The van der Waals surface area contributed by atoms with Crippen LogP contribution < -0.4 is 4.74 Å². The molecule has 3 rings (SSSR count). The van der Waals surface area contributed by atoms with Crippen molar-refractivity contribution in [3.63, 3.8) is 0 Å². The zero-order chi connectivity index (χ0) is 23.3. The molecule has 0 spiro atoms. The summed E-state index contributed by atoms with van der Waals surface area (Å²) in [6.45, 7) is 6.88. The maximum absolute atomic E-state index is 13.0. The summed E-state index contributed by atoms with van der Waals surface area (Å²) in [5.74, 6) is 0.589. The average molecular weight is 441 g/mol. The second kappa shape index (κ2) is 9.94. The number of phenolic OH excluding ortho intramolecular Hbond substituents is 1. The Labute approximate surface area is 189 Å². The molecule has 1 unspecified atom stereocenters. The second-order valence-electron chi connectivity index (χ2n) is 9.12. The fourth-order valence-electron chi connectivity index (χ4n) is 3.62. The molecule has 0 aromatic heterocycles. The van der Waals surface area contributed by atoms with Gasteiger partial charge in [0.05, 0.1) is 12.5 Å². The van der Waals surface area contributed by atoms with Crippen molar-refractivity contribution in [3.8, 4) is 11.5 Å². The number of nitrogens with zero attached hydrogens (tertiary/aromatic N) is 2. The third-order valence-electron chi connectivity index (χ3n) is 5.37. The summed E-state index contributed by atoms with van der Waals surface area (Å²) in [5.41, 5.74) is 1.09. The third kappa shape index (κ3) is 6.39. The molecule has 2 aromatic rings. The molecule has 32 heavy (non-hydrogen) atoms. The number of hydrogen-bond donors (Lipinski definition) is 1. The second-order valence-corrected chi connectivity index (χ2v) is 9.12. The Morgan fingerprint density at radius 1 is 1.16 bits per heavy atom. The average Bonchev–Trinajstić information content (AvgIpc) is 3.22. The largest absolute Gasteiger partial charge is 0.508 e. The first-order valence-corrected chi connectivity index (χ1v) is 10.8. The summed E-state index contributed by atoms with van der Waals surface area (Å²) in [4.78, 5) is 28.6. The van der Waals surface area contributed by atoms with Gasteiger partial charge < -0.3 is 24.4 Å². The highest BCUT2D eigenvalue weighted by atomic mass is 16.6. The predicted molar refractivity (Wildman–Crippen MR) is 122 cm³/mol. The van der Waals surface area contributed by atoms with E-state index in [1.165, 1.54) is 0 Å². The van der Waals surface area contributed by atoms with Gasteiger partial charge in [-0.15, -0.1) is 0 Å². The van der Waals surface area contributed by atoms with Gasteiger partial charge in [-0.2, -0.15) is 0 Å². The summed E-state index contributed by atoms with van der Waals surface area (Å²) >= 11 is 0. The molecule has 2 amide bonds. The summed E-state index contributed by atoms with van der Waals surface area (Å²) in [6.07, 6.45) is 0.418. The van der Waals surface area contributed by atoms with Crippen molar-refractivity contribution in [1.29, 1.82) is 0 Å². The molecule has 1 heterocycles. The smallest absolute Gasteiger partial charge is 0.410 e. The molecule has 0 aliphatic carbocycles. The molecule has 172 valence electrons. The van der Waals surface area contributed by atoms with Crippen LogP contribution in [0.2, 0.25) is 0 Å². The van der Waals surface area contributed by atoms with Crippen LogP contribution in [0.5, 0.6) is 11.5 Å². The number of likely N-dealkylation sites (N-methyl/N-ethyl adjacent to an activating group) is 1. The molecule has 7 nitrogen and oxygen atoms in total. The van der Waals surface area contributed by atoms with E-state index in [-0.39, 0.29) is 30.2 Å². The summed E-state index contributed by atoms with van der Waals surface area (Å²) in [6, 6.07) is 14.5. The van der Waals surface area contributed by atoms with Crippen LogP contribution in [0.4, 0.5) is 4.79 Å². The Morgan fingerprint density at radius 2 is 1.88 bits per heavy atom. The fourth-order valence-corrected chi connectivity index (χ4v) is 3.62. The number of likely N-dealkylation sites (tertiary alicyclic amines) is 1. The molecule has 0 saturated carbocycles. The summed E-state index contributed by atoms with van der Waals surface area (Å²) in [7, 11) is 1.71. The maximum atomic E-state index is 13.0. The van der Waals surface area contributed by atoms with Crippen molar-refractivity contribution in [3.05, 3.63) is 59.7 Å². The van der Waals surface area contributed by atoms with Crippen LogP contribution in [0.3, 0.4) is 0 Å². The normalized spacial score (nSPS) is 16.0. The highest BCUT2D eigenvalue weighted by molar-refractivity contribution is 5.80. The van der Waals surface area contributed by atoms with Gasteiger partial charge in [-0.25, -0.2) is 4.79 Å². The third-order valence-corrected chi connectivity index (χ3v) is 5.37. The standard InChI is InChI=1S/C25H32N2O5/c1-25(2,3)32-24(30)26(4)20-12-13-27(16-20)23(29)15-19-14-21(28)10-11-22(19)31-17-18-8-6-5-7-9-18/h5-11,14,20,28H,12-13,15-17H2,1-4H3. The van der Waals surface area contributed by atoms with E-state index in [2.05, 4.69) is 0 Å². The van der Waals surface area contributed by atoms with E-state index >= 15 is 0 Å². The zero-order valence-corrected chi connectivity index (χ0v) is 19.2. The van der Waals surface area contributed by atoms with Crippen molar-refractivity contribution in [1.82, 2.24) is 9.80 Å². The van der Waals surface area contributed by atoms with Crippen molar-refractivity contribution >= 4 is 12.0 Å². The molecule has 1 aliphatic heterocycles. The van der Waals surface area contributed by atoms with Gasteiger partial charge in [0, 0.05) is 25.7 Å². The van der Waals surface area contributed by atoms with Gasteiger partial charge in [-0.3, -0.25) is 4.79 Å². The molecule has 1 aliphatic rings. The van der Waals surface area contributed by atoms with Crippen molar-refractivity contribution < 1.29 is 24.2 Å². The first-order chi connectivity index (χ1) is 15.1. The van der Waals surface area contributed by atoms with Gasteiger partial charge >= 0.3 is 6.09 Å². The number of carbonyl (C=O) groups is 2. The summed E-state index contributed by atoms with van der Waals surface area (Å²) in [5, 5.41) is 9.93. The first kappa shape index (κ1) is 23.4. The van der Waals surface area contributed by atoms with Crippen LogP contribution >= 0.6 is 0 Å². The van der Waals surface area contributed by atoms with Crippen molar-refractivity contribution in [2.24, 2.45) is 0 Å². The minimum atomic E-state index is -0.565. The number of amides is 2. The maximum Gasteiger partial charge on any atom is 0.410 e. The van der Waals surface area contributed by atoms with Crippen molar-refractivity contribution in [2.75, 3.05) is 20.1 Å². The molecule has 1 fully saturated rings. The minimum absolute atomic E-state index is 0.0692. The molecule has 7 heteroatoms. The Bertz CT molecular complexity index is 939. The van der Waals surface area contributed by atoms with E-state index in [4.69, 9.17) is 9.47 Å². The zero-order valence-electron chi connectivity index (χ0n) is 19.2. The van der Waals surface area contributed by atoms with E-state index in [1.54, 1.807) is 35.0 Å². The first-order valence-electron chi connectivity index (χ1n) is 10.8. The number of phenols is 1. The molecule has 1 saturated heterocycles. The van der Waals surface area contributed by atoms with E-state index in [0.29, 0.717) is 37.4 Å². The van der Waals surface area contributed by atoms with E-state index in [9.17, 15) is 14.7 Å². The number of rotatable bonds is 6. The Hall–Kier alpha value is -3.22. The Morgan fingerprint density at radius 3 is 2.56 bits per heavy atom. The monoisotopic (exact) mass is 440 g/mol. The van der Waals surface area contributed by atoms with Gasteiger partial charge in [-0.1, -0.05) is 30.3 Å². The number of aromatic hydroxyl groups is 1. The van der Waals surface area contributed by atoms with Crippen LogP contribution in [0, 0.1) is 0 Å². The SMILES string of the molecule is CN(C(=O)OC(C)(C)C)C1CCN(C(=O)Cc2cc(O)ccc2OCc2ccccc2)C1. The van der Waals surface area contributed by atoms with Crippen LogP contribution in [-0.4, -0.2) is 58.7 Å². The molecule has 1 atom stereocenters. The number of carbonyl (C=O) groups excluding carboxylic acids is 2. The highest BCUT2D eigenvalue weighted by Gasteiger charge is 2.33. The van der Waals surface area contributed by atoms with Gasteiger partial charge in [0.15, 0.2) is 0 Å². The van der Waals surface area contributed by atoms with E-state index in [0.717, 1.165) is 5.56 Å². The van der Waals surface area contributed by atoms with Crippen LogP contribution in [0.25, 0.3) is 0 Å². The molecule has 0 radical (unpaired) electrons. The number of ether oxygens (including phenoxy) is 2. The molecular weight excluding hydrogens is 408 g/mol. The molecular formula is C25H32N2O5. The predicted octanol–water partition coefficient (Wildman–Crippen LogP) is 3.98. The van der Waals surface area contributed by atoms with Crippen LogP contribution in [-0.2, 0) is 22.6 Å². The van der Waals surface area contributed by atoms with E-state index in [1.807, 2.05) is 51.1 Å². The van der Waals surface area contributed by atoms with Crippen LogP contribution in [0.1, 0.15) is 38.3 Å². The lowest BCUT2D eigenvalue weighted by Crippen LogP contribution is -2.42. The van der Waals surface area contributed by atoms with Crippen molar-refractivity contribution in [2.45, 2.75) is 51.9 Å². The minimum Gasteiger partial charge on any atom is -0.508 e. The molecule has 0 bridgehead atoms. The van der Waals surface area contributed by atoms with E-state index < -0.39 is 5.60 Å². The molecule has 2 aromatic carbocycles. The lowest BCUT2D eigenvalue weighted by molar-refractivity contribution is -0.129. The fraction of sp³-hybridized carbons (Fsp3) is 0.440. The molecule has 1 N–H and O–H groups in total. The quantitative estimate of drug-likeness (QED) is 0.735. The number of hydrogen-bond acceptors (Lipinski definition) is 5. The van der Waals surface area contributed by atoms with Gasteiger partial charge in [0.2, 0.25) is 5.91 Å². The van der Waals surface area contributed by atoms with Gasteiger partial charge in [0.25, 0.3) is 0 Å². The van der Waals surface area contributed by atoms with Gasteiger partial charge in [0.1, 0.15) is 23.7 Å². The highest BCUT2D eigenvalue weighted by Crippen LogP contribution is 2.26. The lowest BCUT2D eigenvalue weighted by atomic mass is 10.1. The topological polar surface area (TPSA) is 79.3 Å². The van der Waals surface area contributed by atoms with Gasteiger partial charge in [-0.05, 0) is 51.0 Å². The summed E-state index contributed by atoms with van der Waals surface area (Å²) < 4.78 is 11.4. The Balaban J connectivity index is 1.61. The Kier molecular flexibility index (Phi) is 7.28.